The van der Waals surface area contributed by atoms with Crippen LogP contribution < -0.4 is 5.43 Å². The molecule has 0 unspecified atom stereocenters. The van der Waals surface area contributed by atoms with Gasteiger partial charge in [0, 0.05) is 6.07 Å². The number of nitrogens with one attached hydrogen (secondary N) is 1. The van der Waals surface area contributed by atoms with Crippen molar-refractivity contribution < 1.29 is 18.5 Å². The van der Waals surface area contributed by atoms with Gasteiger partial charge in [0.1, 0.15) is 5.82 Å². The molecule has 1 heterocycles. The quantitative estimate of drug-likeness (QED) is 0.525. The molecule has 0 aliphatic carbocycles. The van der Waals surface area contributed by atoms with E-state index in [-0.39, 0.29) is 17.0 Å². The topological polar surface area (TPSA) is 97.7 Å². The Bertz CT molecular complexity index is 667. The van der Waals surface area contributed by atoms with Crippen molar-refractivity contribution in [3.63, 3.8) is 0 Å². The second kappa shape index (κ2) is 5.74. The highest BCUT2D eigenvalue weighted by Crippen LogP contribution is 2.17. The van der Waals surface area contributed by atoms with Crippen molar-refractivity contribution in [3.8, 4) is 0 Å². The highest BCUT2D eigenvalue weighted by Gasteiger charge is 2.13. The highest BCUT2D eigenvalue weighted by molar-refractivity contribution is 5.92. The van der Waals surface area contributed by atoms with E-state index in [1.54, 1.807) is 0 Å². The van der Waals surface area contributed by atoms with Crippen LogP contribution in [0.2, 0.25) is 0 Å². The molecule has 102 valence electrons. The summed E-state index contributed by atoms with van der Waals surface area (Å²) >= 11 is 0. The standard InChI is InChI=1S/C12H8FN3O4/c13-9-3-4-10(16(18)19)8(6-9)7-14-15-12(17)11-2-1-5-20-11/h1-7H,(H,15,17). The molecule has 0 saturated heterocycles. The Kier molecular flexibility index (Phi) is 3.85. The first-order valence-corrected chi connectivity index (χ1v) is 5.39. The predicted octanol–water partition coefficient (Wildman–Crippen LogP) is 2.09. The maximum Gasteiger partial charge on any atom is 0.307 e. The van der Waals surface area contributed by atoms with Gasteiger partial charge in [0.15, 0.2) is 5.76 Å². The van der Waals surface area contributed by atoms with Gasteiger partial charge in [-0.2, -0.15) is 5.10 Å². The zero-order valence-electron chi connectivity index (χ0n) is 9.95. The van der Waals surface area contributed by atoms with E-state index in [0.29, 0.717) is 0 Å². The number of hydrazone groups is 1. The minimum atomic E-state index is -0.671. The van der Waals surface area contributed by atoms with Crippen LogP contribution in [0.1, 0.15) is 16.1 Å². The van der Waals surface area contributed by atoms with Crippen molar-refractivity contribution in [2.45, 2.75) is 0 Å². The smallest absolute Gasteiger partial charge is 0.307 e. The van der Waals surface area contributed by atoms with E-state index in [2.05, 4.69) is 10.5 Å². The first kappa shape index (κ1) is 13.4. The monoisotopic (exact) mass is 277 g/mol. The number of hydrogen-bond donors (Lipinski definition) is 1. The summed E-state index contributed by atoms with van der Waals surface area (Å²) in [6.45, 7) is 0. The third-order valence-electron chi connectivity index (χ3n) is 2.30. The van der Waals surface area contributed by atoms with E-state index >= 15 is 0 Å². The fourth-order valence-corrected chi connectivity index (χ4v) is 1.42. The number of furan rings is 1. The fraction of sp³-hybridized carbons (Fsp3) is 0. The van der Waals surface area contributed by atoms with Crippen LogP contribution in [0.5, 0.6) is 0 Å². The maximum absolute atomic E-state index is 13.0. The zero-order valence-corrected chi connectivity index (χ0v) is 9.95. The molecular formula is C12H8FN3O4. The van der Waals surface area contributed by atoms with Crippen LogP contribution in [0.15, 0.2) is 46.1 Å². The minimum Gasteiger partial charge on any atom is -0.459 e. The molecule has 7 nitrogen and oxygen atoms in total. The van der Waals surface area contributed by atoms with Gasteiger partial charge in [-0.1, -0.05) is 0 Å². The largest absolute Gasteiger partial charge is 0.459 e. The van der Waals surface area contributed by atoms with E-state index in [4.69, 9.17) is 4.42 Å². The highest BCUT2D eigenvalue weighted by atomic mass is 19.1. The van der Waals surface area contributed by atoms with Gasteiger partial charge in [-0.15, -0.1) is 0 Å². The molecule has 2 rings (SSSR count). The van der Waals surface area contributed by atoms with Gasteiger partial charge >= 0.3 is 5.91 Å². The molecule has 0 saturated carbocycles. The molecule has 0 aliphatic rings. The third kappa shape index (κ3) is 3.05. The number of nitrogens with zero attached hydrogens (tertiary/aromatic N) is 2. The molecule has 1 N–H and O–H groups in total. The number of carbonyl (C=O) groups is 1. The van der Waals surface area contributed by atoms with E-state index in [1.165, 1.54) is 18.4 Å². The SMILES string of the molecule is O=C(NN=Cc1cc(F)ccc1[N+](=O)[O-])c1ccco1. The maximum atomic E-state index is 13.0. The van der Waals surface area contributed by atoms with Crippen molar-refractivity contribution in [1.29, 1.82) is 0 Å². The van der Waals surface area contributed by atoms with E-state index < -0.39 is 16.6 Å². The van der Waals surface area contributed by atoms with Crippen molar-refractivity contribution in [2.24, 2.45) is 5.10 Å². The molecule has 0 atom stereocenters. The second-order valence-electron chi connectivity index (χ2n) is 3.64. The molecule has 0 radical (unpaired) electrons. The van der Waals surface area contributed by atoms with Crippen molar-refractivity contribution in [1.82, 2.24) is 5.43 Å². The fourth-order valence-electron chi connectivity index (χ4n) is 1.42. The predicted molar refractivity (Wildman–Crippen MR) is 66.8 cm³/mol. The normalized spacial score (nSPS) is 10.7. The number of halogens is 1. The number of carbonyl (C=O) groups excluding carboxylic acids is 1. The van der Waals surface area contributed by atoms with Crippen molar-refractivity contribution in [3.05, 3.63) is 63.9 Å². The molecule has 2 aromatic rings. The Morgan fingerprint density at radius 1 is 1.45 bits per heavy atom. The van der Waals surface area contributed by atoms with Crippen LogP contribution >= 0.6 is 0 Å². The van der Waals surface area contributed by atoms with Gasteiger partial charge in [0.25, 0.3) is 5.69 Å². The summed E-state index contributed by atoms with van der Waals surface area (Å²) < 4.78 is 17.9. The van der Waals surface area contributed by atoms with Crippen LogP contribution in [0.25, 0.3) is 0 Å². The number of rotatable bonds is 4. The van der Waals surface area contributed by atoms with Crippen LogP contribution in [-0.4, -0.2) is 17.0 Å². The average Bonchev–Trinajstić information content (AvgIpc) is 2.92. The second-order valence-corrected chi connectivity index (χ2v) is 3.64. The lowest BCUT2D eigenvalue weighted by Crippen LogP contribution is -2.16. The van der Waals surface area contributed by atoms with Gasteiger partial charge in [-0.3, -0.25) is 14.9 Å². The number of hydrogen-bond acceptors (Lipinski definition) is 5. The molecule has 8 heteroatoms. The summed E-state index contributed by atoms with van der Waals surface area (Å²) in [7, 11) is 0. The summed E-state index contributed by atoms with van der Waals surface area (Å²) in [5, 5.41) is 14.3. The number of nitro groups is 1. The molecule has 20 heavy (non-hydrogen) atoms. The van der Waals surface area contributed by atoms with Gasteiger partial charge in [0.2, 0.25) is 0 Å². The molecule has 0 spiro atoms. The summed E-state index contributed by atoms with van der Waals surface area (Å²) in [5.74, 6) is -1.23. The Morgan fingerprint density at radius 2 is 2.25 bits per heavy atom. The Labute approximate surface area is 111 Å². The summed E-state index contributed by atoms with van der Waals surface area (Å²) in [6, 6.07) is 5.88. The van der Waals surface area contributed by atoms with E-state index in [1.807, 2.05) is 0 Å². The molecular weight excluding hydrogens is 269 g/mol. The molecule has 0 fully saturated rings. The summed E-state index contributed by atoms with van der Waals surface area (Å²) in [4.78, 5) is 21.5. The van der Waals surface area contributed by atoms with Crippen molar-refractivity contribution in [2.75, 3.05) is 0 Å². The lowest BCUT2D eigenvalue weighted by Gasteiger charge is -1.98. The first-order chi connectivity index (χ1) is 9.58. The number of benzene rings is 1. The third-order valence-corrected chi connectivity index (χ3v) is 2.30. The number of amides is 1. The van der Waals surface area contributed by atoms with Gasteiger partial charge in [-0.05, 0) is 24.3 Å². The van der Waals surface area contributed by atoms with Crippen LogP contribution in [0.3, 0.4) is 0 Å². The number of nitro benzene ring substituents is 1. The van der Waals surface area contributed by atoms with Gasteiger partial charge < -0.3 is 4.42 Å². The van der Waals surface area contributed by atoms with E-state index in [0.717, 1.165) is 24.4 Å². The Morgan fingerprint density at radius 3 is 2.90 bits per heavy atom. The minimum absolute atomic E-state index is 0.0379. The van der Waals surface area contributed by atoms with E-state index in [9.17, 15) is 19.3 Å². The van der Waals surface area contributed by atoms with Crippen molar-refractivity contribution >= 4 is 17.8 Å². The van der Waals surface area contributed by atoms with Crippen LogP contribution in [0, 0.1) is 15.9 Å². The van der Waals surface area contributed by atoms with Gasteiger partial charge in [-0.25, -0.2) is 9.82 Å². The molecule has 1 amide bonds. The van der Waals surface area contributed by atoms with Gasteiger partial charge in [0.05, 0.1) is 23.0 Å². The lowest BCUT2D eigenvalue weighted by molar-refractivity contribution is -0.385. The average molecular weight is 277 g/mol. The summed E-state index contributed by atoms with van der Waals surface area (Å²) in [6.07, 6.45) is 2.30. The zero-order chi connectivity index (χ0) is 14.5. The Hall–Kier alpha value is -3.03. The first-order valence-electron chi connectivity index (χ1n) is 5.39. The molecule has 1 aromatic heterocycles. The lowest BCUT2D eigenvalue weighted by atomic mass is 10.2. The molecule has 0 aliphatic heterocycles. The Balaban J connectivity index is 2.13. The molecule has 0 bridgehead atoms. The van der Waals surface area contributed by atoms with Crippen LogP contribution in [-0.2, 0) is 0 Å². The molecule has 1 aromatic carbocycles. The summed E-state index contributed by atoms with van der Waals surface area (Å²) in [5.41, 5.74) is 1.73. The van der Waals surface area contributed by atoms with Crippen LogP contribution in [0.4, 0.5) is 10.1 Å².